The van der Waals surface area contributed by atoms with Crippen LogP contribution in [0.3, 0.4) is 0 Å². The number of thioether (sulfide) groups is 1. The summed E-state index contributed by atoms with van der Waals surface area (Å²) in [6.07, 6.45) is 9.64. The number of likely N-dealkylation sites (tertiary alicyclic amines) is 1. The van der Waals surface area contributed by atoms with E-state index in [2.05, 4.69) is 16.4 Å². The maximum Gasteiger partial charge on any atom is 0.248 e. The number of aliphatic hydroxyl groups excluding tert-OH is 1. The van der Waals surface area contributed by atoms with E-state index in [9.17, 15) is 19.5 Å². The van der Waals surface area contributed by atoms with Crippen LogP contribution in [0.5, 0.6) is 0 Å². The zero-order valence-electron chi connectivity index (χ0n) is 23.8. The van der Waals surface area contributed by atoms with Gasteiger partial charge in [0.05, 0.1) is 34.7 Å². The molecule has 6 rings (SSSR count). The number of fused-ring (bicyclic) bond motifs is 3. The maximum atomic E-state index is 14.7. The molecule has 2 saturated heterocycles. The minimum absolute atomic E-state index is 0.0229. The van der Waals surface area contributed by atoms with Gasteiger partial charge in [-0.25, -0.2) is 4.68 Å². The number of nitrogens with zero attached hydrogens (tertiary/aromatic N) is 6. The molecule has 1 aromatic carbocycles. The first-order chi connectivity index (χ1) is 19.9. The number of aromatic nitrogens is 3. The van der Waals surface area contributed by atoms with Crippen LogP contribution < -0.4 is 0 Å². The number of hydrogen-bond donors (Lipinski definition) is 1. The molecule has 1 spiro atoms. The molecule has 0 saturated carbocycles. The Hall–Kier alpha value is -3.18. The summed E-state index contributed by atoms with van der Waals surface area (Å²) in [6.45, 7) is 7.49. The van der Waals surface area contributed by atoms with Crippen LogP contribution in [0.15, 0.2) is 48.6 Å². The largest absolute Gasteiger partial charge is 0.394 e. The molecular formula is C30H38N6O4S. The van der Waals surface area contributed by atoms with E-state index >= 15 is 0 Å². The lowest BCUT2D eigenvalue weighted by Crippen LogP contribution is -2.58. The lowest BCUT2D eigenvalue weighted by atomic mass is 9.78. The first kappa shape index (κ1) is 28.0. The van der Waals surface area contributed by atoms with Crippen molar-refractivity contribution in [3.63, 3.8) is 0 Å². The van der Waals surface area contributed by atoms with E-state index in [4.69, 9.17) is 0 Å². The summed E-state index contributed by atoms with van der Waals surface area (Å²) in [5, 5.41) is 18.9. The van der Waals surface area contributed by atoms with Crippen LogP contribution in [0.1, 0.15) is 33.6 Å². The van der Waals surface area contributed by atoms with Gasteiger partial charge in [0, 0.05) is 24.9 Å². The van der Waals surface area contributed by atoms with E-state index in [1.54, 1.807) is 26.2 Å². The summed E-state index contributed by atoms with van der Waals surface area (Å²) >= 11 is 1.57. The van der Waals surface area contributed by atoms with Crippen molar-refractivity contribution in [3.8, 4) is 0 Å². The van der Waals surface area contributed by atoms with Crippen LogP contribution in [0.2, 0.25) is 0 Å². The molecule has 0 radical (unpaired) electrons. The Morgan fingerprint density at radius 3 is 2.61 bits per heavy atom. The van der Waals surface area contributed by atoms with Gasteiger partial charge < -0.3 is 19.8 Å². The van der Waals surface area contributed by atoms with Gasteiger partial charge in [0.15, 0.2) is 0 Å². The van der Waals surface area contributed by atoms with Gasteiger partial charge in [-0.05, 0) is 24.5 Å². The van der Waals surface area contributed by atoms with Crippen molar-refractivity contribution in [2.45, 2.75) is 62.4 Å². The molecule has 1 unspecified atom stereocenters. The van der Waals surface area contributed by atoms with Crippen molar-refractivity contribution in [2.24, 2.45) is 17.8 Å². The molecule has 41 heavy (non-hydrogen) atoms. The molecule has 1 N–H and O–H groups in total. The van der Waals surface area contributed by atoms with E-state index in [0.29, 0.717) is 19.6 Å². The number of aliphatic hydroxyl groups is 1. The SMILES string of the molecule is CCCN1CC=C[C@H]2S[C@]34C=CCN(Cn5nnc6ccccc65)C(=O)C3N([C@@H](CO)[C@@H](C)CC)C(=O)[C@@H]4[C@H]2C1=O. The average molecular weight is 579 g/mol. The number of benzene rings is 1. The predicted octanol–water partition coefficient (Wildman–Crippen LogP) is 2.30. The van der Waals surface area contributed by atoms with Gasteiger partial charge in [-0.15, -0.1) is 16.9 Å². The van der Waals surface area contributed by atoms with Crippen LogP contribution >= 0.6 is 11.8 Å². The van der Waals surface area contributed by atoms with Gasteiger partial charge in [-0.3, -0.25) is 14.4 Å². The van der Waals surface area contributed by atoms with Crippen LogP contribution in [-0.4, -0.2) is 101 Å². The highest BCUT2D eigenvalue weighted by atomic mass is 32.2. The molecule has 10 nitrogen and oxygen atoms in total. The van der Waals surface area contributed by atoms with Crippen LogP contribution in [0.4, 0.5) is 0 Å². The quantitative estimate of drug-likeness (QED) is 0.479. The van der Waals surface area contributed by atoms with Gasteiger partial charge in [0.2, 0.25) is 17.7 Å². The van der Waals surface area contributed by atoms with E-state index < -0.39 is 28.7 Å². The van der Waals surface area contributed by atoms with E-state index in [1.807, 2.05) is 68.2 Å². The second-order valence-electron chi connectivity index (χ2n) is 11.6. The van der Waals surface area contributed by atoms with Crippen molar-refractivity contribution >= 4 is 40.5 Å². The number of amides is 3. The number of rotatable bonds is 8. The Labute approximate surface area is 244 Å². The molecule has 0 aliphatic carbocycles. The summed E-state index contributed by atoms with van der Waals surface area (Å²) in [5.41, 5.74) is 1.56. The summed E-state index contributed by atoms with van der Waals surface area (Å²) in [6, 6.07) is 6.22. The lowest BCUT2D eigenvalue weighted by molar-refractivity contribution is -0.148. The van der Waals surface area contributed by atoms with E-state index in [1.165, 1.54) is 0 Å². The smallest absolute Gasteiger partial charge is 0.248 e. The topological polar surface area (TPSA) is 112 Å². The van der Waals surface area contributed by atoms with Crippen molar-refractivity contribution in [1.29, 1.82) is 0 Å². The zero-order chi connectivity index (χ0) is 28.9. The Morgan fingerprint density at radius 2 is 1.85 bits per heavy atom. The summed E-state index contributed by atoms with van der Waals surface area (Å²) < 4.78 is 0.787. The molecule has 1 aromatic heterocycles. The Morgan fingerprint density at radius 1 is 1.07 bits per heavy atom. The minimum Gasteiger partial charge on any atom is -0.394 e. The highest BCUT2D eigenvalue weighted by molar-refractivity contribution is 8.02. The lowest BCUT2D eigenvalue weighted by Gasteiger charge is -2.40. The molecule has 0 bridgehead atoms. The normalized spacial score (nSPS) is 30.8. The van der Waals surface area contributed by atoms with Crippen molar-refractivity contribution in [1.82, 2.24) is 29.7 Å². The summed E-state index contributed by atoms with van der Waals surface area (Å²) in [7, 11) is 0. The van der Waals surface area contributed by atoms with Crippen LogP contribution in [0.25, 0.3) is 11.0 Å². The average Bonchev–Trinajstić information content (AvgIpc) is 3.53. The van der Waals surface area contributed by atoms with Crippen molar-refractivity contribution in [3.05, 3.63) is 48.6 Å². The molecule has 4 aliphatic heterocycles. The standard InChI is InChI=1S/C30H38N6O4S/c1-4-14-33-15-8-12-23-24(27(33)38)25-28(39)36(22(17-37)19(3)5-2)26-29(40)34(16-9-13-30(25,26)41-23)18-35-21-11-7-6-10-20(21)31-32-35/h6-13,19,22-26,37H,4-5,14-18H2,1-3H3/t19-,22-,23+,24-,25-,26?,30-/m0/s1. The molecule has 7 atom stereocenters. The molecule has 218 valence electrons. The van der Waals surface area contributed by atoms with Crippen LogP contribution in [0, 0.1) is 17.8 Å². The third kappa shape index (κ3) is 4.31. The molecule has 2 fully saturated rings. The number of carbonyl (C=O) groups is 3. The van der Waals surface area contributed by atoms with Gasteiger partial charge in [-0.2, -0.15) is 0 Å². The van der Waals surface area contributed by atoms with E-state index in [0.717, 1.165) is 23.9 Å². The monoisotopic (exact) mass is 578 g/mol. The minimum atomic E-state index is -0.918. The fourth-order valence-corrected chi connectivity index (χ4v) is 9.12. The maximum absolute atomic E-state index is 14.7. The highest BCUT2D eigenvalue weighted by Crippen LogP contribution is 2.61. The number of carbonyl (C=O) groups excluding carboxylic acids is 3. The number of hydrogen-bond acceptors (Lipinski definition) is 7. The van der Waals surface area contributed by atoms with Gasteiger partial charge in [-0.1, -0.05) is 68.8 Å². The van der Waals surface area contributed by atoms with Crippen molar-refractivity contribution < 1.29 is 19.5 Å². The number of para-hydroxylation sites is 1. The second-order valence-corrected chi connectivity index (χ2v) is 13.1. The van der Waals surface area contributed by atoms with Crippen molar-refractivity contribution in [2.75, 3.05) is 26.2 Å². The molecule has 11 heteroatoms. The van der Waals surface area contributed by atoms with E-state index in [-0.39, 0.29) is 42.2 Å². The van der Waals surface area contributed by atoms with Gasteiger partial charge in [0.25, 0.3) is 0 Å². The predicted molar refractivity (Wildman–Crippen MR) is 156 cm³/mol. The molecular weight excluding hydrogens is 540 g/mol. The third-order valence-corrected chi connectivity index (χ3v) is 11.1. The van der Waals surface area contributed by atoms with Crippen LogP contribution in [-0.2, 0) is 21.1 Å². The fraction of sp³-hybridized carbons (Fsp3) is 0.567. The second kappa shape index (κ2) is 10.9. The third-order valence-electron chi connectivity index (χ3n) is 9.33. The fourth-order valence-electron chi connectivity index (χ4n) is 7.13. The van der Waals surface area contributed by atoms with Gasteiger partial charge in [0.1, 0.15) is 18.2 Å². The first-order valence-corrected chi connectivity index (χ1v) is 15.5. The molecule has 3 amide bonds. The first-order valence-electron chi connectivity index (χ1n) is 14.7. The Balaban J connectivity index is 1.44. The Bertz CT molecular complexity index is 1410. The molecule has 4 aliphatic rings. The van der Waals surface area contributed by atoms with Gasteiger partial charge >= 0.3 is 0 Å². The highest BCUT2D eigenvalue weighted by Gasteiger charge is 2.71. The summed E-state index contributed by atoms with van der Waals surface area (Å²) in [4.78, 5) is 48.4. The summed E-state index contributed by atoms with van der Waals surface area (Å²) in [5.74, 6) is -1.72. The Kier molecular flexibility index (Phi) is 7.44. The zero-order valence-corrected chi connectivity index (χ0v) is 24.6. The molecule has 5 heterocycles. The molecule has 2 aromatic rings.